The molecule has 0 aliphatic carbocycles. The summed E-state index contributed by atoms with van der Waals surface area (Å²) in [6, 6.07) is 4.67. The van der Waals surface area contributed by atoms with Gasteiger partial charge in [0, 0.05) is 26.2 Å². The summed E-state index contributed by atoms with van der Waals surface area (Å²) in [6.07, 6.45) is 0. The Labute approximate surface area is 123 Å². The molecule has 0 saturated carbocycles. The minimum atomic E-state index is -0.489. The molecule has 0 atom stereocenters. The number of hydrogen-bond acceptors (Lipinski definition) is 5. The van der Waals surface area contributed by atoms with Gasteiger partial charge in [0.05, 0.1) is 24.9 Å². The predicted octanol–water partition coefficient (Wildman–Crippen LogP) is 1.32. The van der Waals surface area contributed by atoms with Crippen LogP contribution < -0.4 is 4.90 Å². The van der Waals surface area contributed by atoms with Gasteiger partial charge in [-0.05, 0) is 19.1 Å². The molecule has 1 saturated heterocycles. The van der Waals surface area contributed by atoms with Gasteiger partial charge in [0.25, 0.3) is 0 Å². The van der Waals surface area contributed by atoms with Crippen LogP contribution in [0.25, 0.3) is 0 Å². The Morgan fingerprint density at radius 3 is 2.48 bits per heavy atom. The van der Waals surface area contributed by atoms with E-state index in [2.05, 4.69) is 4.74 Å². The summed E-state index contributed by atoms with van der Waals surface area (Å²) in [4.78, 5) is 26.8. The van der Waals surface area contributed by atoms with Gasteiger partial charge < -0.3 is 9.64 Å². The first-order chi connectivity index (χ1) is 10.0. The molecule has 0 amide bonds. The normalized spacial score (nSPS) is 15.9. The van der Waals surface area contributed by atoms with E-state index in [9.17, 15) is 14.0 Å². The van der Waals surface area contributed by atoms with Crippen molar-refractivity contribution in [1.82, 2.24) is 4.90 Å². The first-order valence-electron chi connectivity index (χ1n) is 6.86. The third kappa shape index (κ3) is 3.58. The van der Waals surface area contributed by atoms with Crippen LogP contribution in [0, 0.1) is 5.82 Å². The fourth-order valence-corrected chi connectivity index (χ4v) is 2.52. The molecule has 1 fully saturated rings. The number of ether oxygens (including phenoxy) is 1. The quantitative estimate of drug-likeness (QED) is 0.619. The minimum Gasteiger partial charge on any atom is -0.468 e. The Hall–Kier alpha value is -1.95. The lowest BCUT2D eigenvalue weighted by Gasteiger charge is -2.36. The number of anilines is 1. The van der Waals surface area contributed by atoms with E-state index in [1.54, 1.807) is 12.1 Å². The molecule has 5 nitrogen and oxygen atoms in total. The van der Waals surface area contributed by atoms with Crippen molar-refractivity contribution in [1.29, 1.82) is 0 Å². The van der Waals surface area contributed by atoms with Crippen LogP contribution >= 0.6 is 0 Å². The monoisotopic (exact) mass is 294 g/mol. The van der Waals surface area contributed by atoms with Crippen molar-refractivity contribution in [3.8, 4) is 0 Å². The highest BCUT2D eigenvalue weighted by atomic mass is 19.1. The van der Waals surface area contributed by atoms with Gasteiger partial charge in [-0.15, -0.1) is 0 Å². The molecule has 0 N–H and O–H groups in total. The van der Waals surface area contributed by atoms with Crippen molar-refractivity contribution in [2.24, 2.45) is 0 Å². The number of rotatable bonds is 4. The third-order valence-electron chi connectivity index (χ3n) is 3.64. The van der Waals surface area contributed by atoms with Gasteiger partial charge in [-0.25, -0.2) is 4.39 Å². The van der Waals surface area contributed by atoms with E-state index in [0.717, 1.165) is 0 Å². The Morgan fingerprint density at radius 2 is 1.90 bits per heavy atom. The van der Waals surface area contributed by atoms with Gasteiger partial charge in [-0.2, -0.15) is 0 Å². The zero-order valence-corrected chi connectivity index (χ0v) is 12.3. The second-order valence-electron chi connectivity index (χ2n) is 5.03. The zero-order chi connectivity index (χ0) is 15.4. The van der Waals surface area contributed by atoms with Crippen molar-refractivity contribution in [2.75, 3.05) is 44.7 Å². The summed E-state index contributed by atoms with van der Waals surface area (Å²) in [6.45, 7) is 4.25. The molecule has 0 unspecified atom stereocenters. The maximum atomic E-state index is 13.8. The smallest absolute Gasteiger partial charge is 0.319 e. The maximum absolute atomic E-state index is 13.8. The van der Waals surface area contributed by atoms with Gasteiger partial charge in [0.2, 0.25) is 0 Å². The van der Waals surface area contributed by atoms with E-state index in [1.165, 1.54) is 20.1 Å². The number of piperazine rings is 1. The van der Waals surface area contributed by atoms with Gasteiger partial charge >= 0.3 is 5.97 Å². The van der Waals surface area contributed by atoms with Crippen LogP contribution in [0.1, 0.15) is 17.3 Å². The Morgan fingerprint density at radius 1 is 1.24 bits per heavy atom. The second kappa shape index (κ2) is 6.67. The molecule has 1 aliphatic rings. The van der Waals surface area contributed by atoms with Crippen LogP contribution in [0.5, 0.6) is 0 Å². The Kier molecular flexibility index (Phi) is 4.90. The predicted molar refractivity (Wildman–Crippen MR) is 77.1 cm³/mol. The minimum absolute atomic E-state index is 0.138. The van der Waals surface area contributed by atoms with Gasteiger partial charge in [0.15, 0.2) is 5.78 Å². The van der Waals surface area contributed by atoms with Crippen LogP contribution in [-0.2, 0) is 9.53 Å². The number of nitrogens with zero attached hydrogens (tertiary/aromatic N) is 2. The maximum Gasteiger partial charge on any atom is 0.319 e. The molecule has 1 aromatic carbocycles. The molecular formula is C15H19FN2O3. The molecule has 1 aliphatic heterocycles. The van der Waals surface area contributed by atoms with Gasteiger partial charge in [0.1, 0.15) is 5.82 Å². The van der Waals surface area contributed by atoms with E-state index in [4.69, 9.17) is 0 Å². The summed E-state index contributed by atoms with van der Waals surface area (Å²) >= 11 is 0. The van der Waals surface area contributed by atoms with Crippen LogP contribution in [0.2, 0.25) is 0 Å². The van der Waals surface area contributed by atoms with Crippen molar-refractivity contribution in [2.45, 2.75) is 6.92 Å². The first kappa shape index (κ1) is 15.4. The Bertz CT molecular complexity index is 540. The summed E-state index contributed by atoms with van der Waals surface area (Å²) < 4.78 is 18.5. The summed E-state index contributed by atoms with van der Waals surface area (Å²) in [7, 11) is 1.37. The van der Waals surface area contributed by atoms with Crippen LogP contribution in [-0.4, -0.2) is 56.5 Å². The number of carbonyl (C=O) groups is 2. The van der Waals surface area contributed by atoms with E-state index >= 15 is 0 Å². The molecule has 1 heterocycles. The highest BCUT2D eigenvalue weighted by Gasteiger charge is 2.23. The third-order valence-corrected chi connectivity index (χ3v) is 3.64. The number of hydrogen-bond donors (Lipinski definition) is 0. The lowest BCUT2D eigenvalue weighted by atomic mass is 10.1. The van der Waals surface area contributed by atoms with Gasteiger partial charge in [-0.1, -0.05) is 6.07 Å². The molecular weight excluding hydrogens is 275 g/mol. The van der Waals surface area contributed by atoms with Crippen LogP contribution in [0.3, 0.4) is 0 Å². The molecule has 0 aromatic heterocycles. The lowest BCUT2D eigenvalue weighted by Crippen LogP contribution is -2.48. The number of benzene rings is 1. The van der Waals surface area contributed by atoms with Gasteiger partial charge in [-0.3, -0.25) is 14.5 Å². The van der Waals surface area contributed by atoms with Crippen molar-refractivity contribution in [3.05, 3.63) is 29.6 Å². The van der Waals surface area contributed by atoms with E-state index in [1.807, 2.05) is 9.80 Å². The number of methoxy groups -OCH3 is 1. The molecule has 114 valence electrons. The topological polar surface area (TPSA) is 49.9 Å². The first-order valence-corrected chi connectivity index (χ1v) is 6.86. The molecule has 1 aromatic rings. The number of Topliss-reactive ketones (excluding diaryl/α,β-unsaturated/α-hetero) is 1. The van der Waals surface area contributed by atoms with Crippen LogP contribution in [0.15, 0.2) is 18.2 Å². The summed E-state index contributed by atoms with van der Waals surface area (Å²) in [5.74, 6) is -1.03. The second-order valence-corrected chi connectivity index (χ2v) is 5.03. The summed E-state index contributed by atoms with van der Waals surface area (Å²) in [5.41, 5.74) is 0.763. The SMILES string of the molecule is COC(=O)CN1CCN(c2cccc(F)c2C(C)=O)CC1. The molecule has 0 radical (unpaired) electrons. The molecule has 6 heteroatoms. The van der Waals surface area contributed by atoms with E-state index in [0.29, 0.717) is 31.9 Å². The number of esters is 1. The standard InChI is InChI=1S/C15H19FN2O3/c1-11(19)15-12(16)4-3-5-13(15)18-8-6-17(7-9-18)10-14(20)21-2/h3-5H,6-10H2,1-2H3. The average molecular weight is 294 g/mol. The zero-order valence-electron chi connectivity index (χ0n) is 12.3. The van der Waals surface area contributed by atoms with Crippen molar-refractivity contribution < 1.29 is 18.7 Å². The largest absolute Gasteiger partial charge is 0.468 e. The molecule has 2 rings (SSSR count). The lowest BCUT2D eigenvalue weighted by molar-refractivity contribution is -0.142. The number of halogens is 1. The fraction of sp³-hybridized carbons (Fsp3) is 0.467. The van der Waals surface area contributed by atoms with Crippen LogP contribution in [0.4, 0.5) is 10.1 Å². The molecule has 0 bridgehead atoms. The highest BCUT2D eigenvalue weighted by molar-refractivity contribution is 6.00. The highest BCUT2D eigenvalue weighted by Crippen LogP contribution is 2.24. The number of carbonyl (C=O) groups excluding carboxylic acids is 2. The molecule has 0 spiro atoms. The summed E-state index contributed by atoms with van der Waals surface area (Å²) in [5, 5.41) is 0. The molecule has 21 heavy (non-hydrogen) atoms. The number of ketones is 1. The van der Waals surface area contributed by atoms with E-state index < -0.39 is 5.82 Å². The van der Waals surface area contributed by atoms with E-state index in [-0.39, 0.29) is 23.9 Å². The van der Waals surface area contributed by atoms with Crippen molar-refractivity contribution in [3.63, 3.8) is 0 Å². The fourth-order valence-electron chi connectivity index (χ4n) is 2.52. The average Bonchev–Trinajstić information content (AvgIpc) is 2.47. The van der Waals surface area contributed by atoms with Crippen molar-refractivity contribution >= 4 is 17.4 Å². The Balaban J connectivity index is 2.08.